The average molecular weight is 256 g/mol. The number of hydrogen-bond acceptors (Lipinski definition) is 3. The summed E-state index contributed by atoms with van der Waals surface area (Å²) in [6, 6.07) is 13.8. The maximum absolute atomic E-state index is 11.1. The molecule has 1 heterocycles. The summed E-state index contributed by atoms with van der Waals surface area (Å²) < 4.78 is 6.00. The van der Waals surface area contributed by atoms with Crippen LogP contribution in [0.3, 0.4) is 0 Å². The van der Waals surface area contributed by atoms with Crippen LogP contribution >= 0.6 is 0 Å². The molecule has 3 rings (SSSR count). The summed E-state index contributed by atoms with van der Waals surface area (Å²) in [7, 11) is 0. The second-order valence-electron chi connectivity index (χ2n) is 4.82. The first-order valence-electron chi connectivity index (χ1n) is 6.41. The van der Waals surface area contributed by atoms with Crippen molar-refractivity contribution in [3.05, 3.63) is 42.5 Å². The predicted octanol–water partition coefficient (Wildman–Crippen LogP) is 1.43. The van der Waals surface area contributed by atoms with Crippen LogP contribution in [0.4, 0.5) is 0 Å². The lowest BCUT2D eigenvalue weighted by Gasteiger charge is -2.14. The summed E-state index contributed by atoms with van der Waals surface area (Å²) in [6.07, 6.45) is 0.613. The maximum Gasteiger partial charge on any atom is 0.234 e. The molecule has 1 amide bonds. The van der Waals surface area contributed by atoms with Crippen molar-refractivity contribution in [1.82, 2.24) is 5.32 Å². The lowest BCUT2D eigenvalue weighted by atomic mass is 10.1. The molecule has 0 unspecified atom stereocenters. The van der Waals surface area contributed by atoms with Gasteiger partial charge in [0.1, 0.15) is 11.9 Å². The standard InChI is InChI=1S/C15H16N2O2/c16-15(18)13-8-11(9-17-13)19-14-7-3-5-10-4-1-2-6-12(10)14/h1-7,11,13,17H,8-9H2,(H2,16,18)/t11-,13-/m0/s1. The number of hydrogen-bond donors (Lipinski definition) is 2. The molecule has 2 aromatic carbocycles. The zero-order chi connectivity index (χ0) is 13.2. The Kier molecular flexibility index (Phi) is 3.09. The Morgan fingerprint density at radius 1 is 1.21 bits per heavy atom. The van der Waals surface area contributed by atoms with Gasteiger partial charge in [0.15, 0.2) is 0 Å². The van der Waals surface area contributed by atoms with E-state index in [1.165, 1.54) is 0 Å². The molecule has 0 saturated carbocycles. The van der Waals surface area contributed by atoms with E-state index in [1.54, 1.807) is 0 Å². The third kappa shape index (κ3) is 2.39. The van der Waals surface area contributed by atoms with Crippen molar-refractivity contribution in [3.63, 3.8) is 0 Å². The Balaban J connectivity index is 1.81. The lowest BCUT2D eigenvalue weighted by molar-refractivity contribution is -0.119. The molecule has 0 radical (unpaired) electrons. The van der Waals surface area contributed by atoms with Crippen molar-refractivity contribution in [1.29, 1.82) is 0 Å². The summed E-state index contributed by atoms with van der Waals surface area (Å²) in [6.45, 7) is 0.650. The number of carbonyl (C=O) groups is 1. The minimum atomic E-state index is -0.316. The first-order chi connectivity index (χ1) is 9.24. The van der Waals surface area contributed by atoms with Gasteiger partial charge in [0, 0.05) is 18.4 Å². The summed E-state index contributed by atoms with van der Waals surface area (Å²) in [4.78, 5) is 11.1. The fraction of sp³-hybridized carbons (Fsp3) is 0.267. The van der Waals surface area contributed by atoms with E-state index in [4.69, 9.17) is 10.5 Å². The molecule has 2 aromatic rings. The molecule has 3 N–H and O–H groups in total. The van der Waals surface area contributed by atoms with Gasteiger partial charge in [0.25, 0.3) is 0 Å². The van der Waals surface area contributed by atoms with Crippen molar-refractivity contribution >= 4 is 16.7 Å². The third-order valence-corrected chi connectivity index (χ3v) is 3.48. The summed E-state index contributed by atoms with van der Waals surface area (Å²) in [5, 5.41) is 5.32. The van der Waals surface area contributed by atoms with Gasteiger partial charge in [-0.25, -0.2) is 0 Å². The number of benzene rings is 2. The SMILES string of the molecule is NC(=O)[C@@H]1C[C@H](Oc2cccc3ccccc23)CN1. The van der Waals surface area contributed by atoms with Crippen molar-refractivity contribution in [3.8, 4) is 5.75 Å². The summed E-state index contributed by atoms with van der Waals surface area (Å²) in [5.74, 6) is 0.541. The van der Waals surface area contributed by atoms with Gasteiger partial charge >= 0.3 is 0 Å². The second-order valence-corrected chi connectivity index (χ2v) is 4.82. The highest BCUT2D eigenvalue weighted by Crippen LogP contribution is 2.27. The minimum Gasteiger partial charge on any atom is -0.488 e. The van der Waals surface area contributed by atoms with Crippen LogP contribution < -0.4 is 15.8 Å². The highest BCUT2D eigenvalue weighted by molar-refractivity contribution is 5.88. The molecule has 1 fully saturated rings. The smallest absolute Gasteiger partial charge is 0.234 e. The number of ether oxygens (including phenoxy) is 1. The van der Waals surface area contributed by atoms with E-state index in [0.29, 0.717) is 13.0 Å². The van der Waals surface area contributed by atoms with Gasteiger partial charge in [0.05, 0.1) is 6.04 Å². The number of carbonyl (C=O) groups excluding carboxylic acids is 1. The van der Waals surface area contributed by atoms with Gasteiger partial charge < -0.3 is 15.8 Å². The maximum atomic E-state index is 11.1. The molecule has 0 aromatic heterocycles. The monoisotopic (exact) mass is 256 g/mol. The number of amides is 1. The molecule has 1 aliphatic heterocycles. The molecule has 0 aliphatic carbocycles. The van der Waals surface area contributed by atoms with Crippen molar-refractivity contribution in [2.45, 2.75) is 18.6 Å². The van der Waals surface area contributed by atoms with Crippen LogP contribution in [0.2, 0.25) is 0 Å². The van der Waals surface area contributed by atoms with Gasteiger partial charge in [-0.1, -0.05) is 36.4 Å². The molecule has 0 spiro atoms. The van der Waals surface area contributed by atoms with Crippen LogP contribution in [-0.4, -0.2) is 24.6 Å². The third-order valence-electron chi connectivity index (χ3n) is 3.48. The molecule has 0 bridgehead atoms. The quantitative estimate of drug-likeness (QED) is 0.873. The molecular formula is C15H16N2O2. The van der Waals surface area contributed by atoms with Crippen LogP contribution in [0, 0.1) is 0 Å². The number of fused-ring (bicyclic) bond motifs is 1. The van der Waals surface area contributed by atoms with Crippen molar-refractivity contribution in [2.24, 2.45) is 5.73 Å². The molecule has 1 saturated heterocycles. The van der Waals surface area contributed by atoms with E-state index in [0.717, 1.165) is 16.5 Å². The molecule has 98 valence electrons. The zero-order valence-corrected chi connectivity index (χ0v) is 10.5. The normalized spacial score (nSPS) is 22.5. The van der Waals surface area contributed by atoms with E-state index in [9.17, 15) is 4.79 Å². The molecule has 2 atom stereocenters. The highest BCUT2D eigenvalue weighted by Gasteiger charge is 2.29. The van der Waals surface area contributed by atoms with E-state index >= 15 is 0 Å². The van der Waals surface area contributed by atoms with Crippen LogP contribution in [-0.2, 0) is 4.79 Å². The van der Waals surface area contributed by atoms with Crippen LogP contribution in [0.1, 0.15) is 6.42 Å². The number of nitrogens with two attached hydrogens (primary N) is 1. The Morgan fingerprint density at radius 2 is 2.00 bits per heavy atom. The van der Waals surface area contributed by atoms with Gasteiger partial charge in [-0.3, -0.25) is 4.79 Å². The fourth-order valence-electron chi connectivity index (χ4n) is 2.49. The van der Waals surface area contributed by atoms with E-state index < -0.39 is 0 Å². The minimum absolute atomic E-state index is 0.0108. The van der Waals surface area contributed by atoms with E-state index in [2.05, 4.69) is 17.4 Å². The first kappa shape index (κ1) is 12.0. The second kappa shape index (κ2) is 4.90. The Morgan fingerprint density at radius 3 is 2.79 bits per heavy atom. The Bertz CT molecular complexity index is 607. The predicted molar refractivity (Wildman–Crippen MR) is 74.0 cm³/mol. The Labute approximate surface area is 111 Å². The number of rotatable bonds is 3. The zero-order valence-electron chi connectivity index (χ0n) is 10.5. The van der Waals surface area contributed by atoms with Crippen LogP contribution in [0.5, 0.6) is 5.75 Å². The van der Waals surface area contributed by atoms with Crippen molar-refractivity contribution in [2.75, 3.05) is 6.54 Å². The molecule has 19 heavy (non-hydrogen) atoms. The molecular weight excluding hydrogens is 240 g/mol. The van der Waals surface area contributed by atoms with Gasteiger partial charge in [-0.15, -0.1) is 0 Å². The number of primary amides is 1. The molecule has 1 aliphatic rings. The van der Waals surface area contributed by atoms with Crippen molar-refractivity contribution < 1.29 is 9.53 Å². The average Bonchev–Trinajstić information content (AvgIpc) is 2.88. The topological polar surface area (TPSA) is 64.4 Å². The lowest BCUT2D eigenvalue weighted by Crippen LogP contribution is -2.36. The molecule has 4 nitrogen and oxygen atoms in total. The summed E-state index contributed by atoms with van der Waals surface area (Å²) >= 11 is 0. The van der Waals surface area contributed by atoms with E-state index in [-0.39, 0.29) is 18.1 Å². The summed E-state index contributed by atoms with van der Waals surface area (Å²) in [5.41, 5.74) is 5.29. The van der Waals surface area contributed by atoms with Crippen LogP contribution in [0.25, 0.3) is 10.8 Å². The van der Waals surface area contributed by atoms with E-state index in [1.807, 2.05) is 30.3 Å². The highest BCUT2D eigenvalue weighted by atomic mass is 16.5. The van der Waals surface area contributed by atoms with Gasteiger partial charge in [-0.05, 0) is 11.5 Å². The van der Waals surface area contributed by atoms with Gasteiger partial charge in [0.2, 0.25) is 5.91 Å². The fourth-order valence-corrected chi connectivity index (χ4v) is 2.49. The Hall–Kier alpha value is -2.07. The number of nitrogens with one attached hydrogen (secondary N) is 1. The van der Waals surface area contributed by atoms with Gasteiger partial charge in [-0.2, -0.15) is 0 Å². The molecule has 4 heteroatoms. The largest absolute Gasteiger partial charge is 0.488 e. The first-order valence-corrected chi connectivity index (χ1v) is 6.41. The van der Waals surface area contributed by atoms with Crippen LogP contribution in [0.15, 0.2) is 42.5 Å².